The molecule has 0 spiro atoms. The molecule has 37 heavy (non-hydrogen) atoms. The normalized spacial score (nSPS) is 10.9. The number of ether oxygens (including phenoxy) is 1. The lowest BCUT2D eigenvalue weighted by Crippen LogP contribution is -2.42. The standard InChI is InChI=1S/C26H22ClN7O3/c1-2-33-25(35)31-24(34(26(33)36)15-17-3-7-19(27)8-4-17)30-20-9-13-22(14-10-20)37-21-11-5-18(6-12-21)23-28-16-29-32-23/h3-14,16H,2,15H2,1H3,(H,28,29,32)(H,30,31,35). The van der Waals surface area contributed by atoms with E-state index in [0.29, 0.717) is 28.0 Å². The first-order valence-electron chi connectivity index (χ1n) is 11.5. The maximum atomic E-state index is 13.1. The molecule has 3 aromatic carbocycles. The largest absolute Gasteiger partial charge is 0.457 e. The van der Waals surface area contributed by atoms with Crippen molar-refractivity contribution in [2.75, 3.05) is 5.32 Å². The number of hydrogen-bond donors (Lipinski definition) is 2. The molecule has 11 heteroatoms. The van der Waals surface area contributed by atoms with Gasteiger partial charge in [0.15, 0.2) is 5.82 Å². The van der Waals surface area contributed by atoms with Crippen LogP contribution in [0.2, 0.25) is 5.02 Å². The number of halogens is 1. The van der Waals surface area contributed by atoms with Crippen molar-refractivity contribution in [2.24, 2.45) is 0 Å². The summed E-state index contributed by atoms with van der Waals surface area (Å²) < 4.78 is 8.44. The van der Waals surface area contributed by atoms with Crippen LogP contribution < -0.4 is 21.4 Å². The minimum Gasteiger partial charge on any atom is -0.457 e. The van der Waals surface area contributed by atoms with E-state index in [9.17, 15) is 9.59 Å². The van der Waals surface area contributed by atoms with Crippen LogP contribution in [0.3, 0.4) is 0 Å². The Balaban J connectivity index is 1.35. The first kappa shape index (κ1) is 24.0. The molecule has 0 fully saturated rings. The van der Waals surface area contributed by atoms with Crippen LogP contribution in [0.25, 0.3) is 11.4 Å². The molecular formula is C26H22ClN7O3. The van der Waals surface area contributed by atoms with Crippen molar-refractivity contribution in [1.82, 2.24) is 29.3 Å². The quantitative estimate of drug-likeness (QED) is 0.313. The second-order valence-corrected chi connectivity index (χ2v) is 8.50. The molecule has 5 rings (SSSR count). The highest BCUT2D eigenvalue weighted by Crippen LogP contribution is 2.26. The van der Waals surface area contributed by atoms with Crippen LogP contribution >= 0.6 is 11.6 Å². The van der Waals surface area contributed by atoms with E-state index >= 15 is 0 Å². The van der Waals surface area contributed by atoms with Crippen LogP contribution in [0.4, 0.5) is 11.6 Å². The lowest BCUT2D eigenvalue weighted by atomic mass is 10.2. The zero-order valence-corrected chi connectivity index (χ0v) is 20.5. The fraction of sp³-hybridized carbons (Fsp3) is 0.115. The fourth-order valence-electron chi connectivity index (χ4n) is 3.71. The summed E-state index contributed by atoms with van der Waals surface area (Å²) in [5, 5.41) is 10.4. The van der Waals surface area contributed by atoms with Crippen LogP contribution in [0.5, 0.6) is 11.5 Å². The van der Waals surface area contributed by atoms with Gasteiger partial charge in [0.2, 0.25) is 5.95 Å². The molecule has 2 heterocycles. The molecule has 0 amide bonds. The Labute approximate surface area is 216 Å². The van der Waals surface area contributed by atoms with Crippen LogP contribution in [0.15, 0.2) is 88.7 Å². The third kappa shape index (κ3) is 5.44. The summed E-state index contributed by atoms with van der Waals surface area (Å²) in [6.45, 7) is 2.17. The van der Waals surface area contributed by atoms with Crippen molar-refractivity contribution in [3.05, 3.63) is 111 Å². The van der Waals surface area contributed by atoms with E-state index in [1.807, 2.05) is 36.4 Å². The molecule has 0 aliphatic heterocycles. The number of H-pyrrole nitrogens is 1. The average molecular weight is 516 g/mol. The number of benzene rings is 3. The third-order valence-corrected chi connectivity index (χ3v) is 5.86. The highest BCUT2D eigenvalue weighted by Gasteiger charge is 2.13. The Kier molecular flexibility index (Phi) is 6.82. The zero-order chi connectivity index (χ0) is 25.8. The summed E-state index contributed by atoms with van der Waals surface area (Å²) >= 11 is 5.99. The Morgan fingerprint density at radius 2 is 1.59 bits per heavy atom. The molecule has 0 radical (unpaired) electrons. The van der Waals surface area contributed by atoms with Gasteiger partial charge < -0.3 is 10.1 Å². The van der Waals surface area contributed by atoms with Crippen LogP contribution in [-0.4, -0.2) is 29.3 Å². The van der Waals surface area contributed by atoms with E-state index in [2.05, 4.69) is 25.5 Å². The Morgan fingerprint density at radius 1 is 0.919 bits per heavy atom. The second-order valence-electron chi connectivity index (χ2n) is 8.07. The van der Waals surface area contributed by atoms with Gasteiger partial charge in [-0.15, -0.1) is 0 Å². The second kappa shape index (κ2) is 10.5. The SMILES string of the molecule is CCn1c(=O)nc(Nc2ccc(Oc3ccc(-c4ncn[nH]4)cc3)cc2)n(Cc2ccc(Cl)cc2)c1=O. The van der Waals surface area contributed by atoms with Gasteiger partial charge in [-0.05, 0) is 73.2 Å². The Bertz CT molecular complexity index is 1610. The monoisotopic (exact) mass is 515 g/mol. The highest BCUT2D eigenvalue weighted by atomic mass is 35.5. The molecule has 0 atom stereocenters. The molecule has 0 unspecified atom stereocenters. The summed E-state index contributed by atoms with van der Waals surface area (Å²) in [4.78, 5) is 33.7. The van der Waals surface area contributed by atoms with Gasteiger partial charge in [0, 0.05) is 22.8 Å². The minimum atomic E-state index is -0.615. The van der Waals surface area contributed by atoms with Gasteiger partial charge in [-0.2, -0.15) is 10.1 Å². The van der Waals surface area contributed by atoms with E-state index in [0.717, 1.165) is 15.7 Å². The lowest BCUT2D eigenvalue weighted by Gasteiger charge is -2.15. The molecule has 0 aliphatic carbocycles. The molecular weight excluding hydrogens is 494 g/mol. The molecule has 0 saturated heterocycles. The van der Waals surface area contributed by atoms with Gasteiger partial charge in [-0.1, -0.05) is 23.7 Å². The molecule has 186 valence electrons. The molecule has 10 nitrogen and oxygen atoms in total. The van der Waals surface area contributed by atoms with Crippen molar-refractivity contribution in [3.63, 3.8) is 0 Å². The van der Waals surface area contributed by atoms with Gasteiger partial charge in [0.05, 0.1) is 6.54 Å². The van der Waals surface area contributed by atoms with Crippen molar-refractivity contribution in [1.29, 1.82) is 0 Å². The molecule has 5 aromatic rings. The molecule has 0 bridgehead atoms. The van der Waals surface area contributed by atoms with Gasteiger partial charge in [0.1, 0.15) is 17.8 Å². The summed E-state index contributed by atoms with van der Waals surface area (Å²) in [7, 11) is 0. The molecule has 2 aromatic heterocycles. The summed E-state index contributed by atoms with van der Waals surface area (Å²) in [5.74, 6) is 2.10. The smallest absolute Gasteiger partial charge is 0.354 e. The van der Waals surface area contributed by atoms with Gasteiger partial charge in [-0.25, -0.2) is 19.1 Å². The first-order chi connectivity index (χ1) is 18.0. The Hall–Kier alpha value is -4.70. The van der Waals surface area contributed by atoms with E-state index in [1.165, 1.54) is 10.9 Å². The van der Waals surface area contributed by atoms with Crippen molar-refractivity contribution >= 4 is 23.2 Å². The van der Waals surface area contributed by atoms with Gasteiger partial charge in [0.25, 0.3) is 0 Å². The number of anilines is 2. The van der Waals surface area contributed by atoms with Crippen LogP contribution in [-0.2, 0) is 13.1 Å². The van der Waals surface area contributed by atoms with Crippen molar-refractivity contribution in [3.8, 4) is 22.9 Å². The van der Waals surface area contributed by atoms with Gasteiger partial charge in [-0.3, -0.25) is 9.67 Å². The predicted molar refractivity (Wildman–Crippen MR) is 141 cm³/mol. The van der Waals surface area contributed by atoms with Crippen LogP contribution in [0, 0.1) is 0 Å². The number of nitrogens with zero attached hydrogens (tertiary/aromatic N) is 5. The van der Waals surface area contributed by atoms with Crippen LogP contribution in [0.1, 0.15) is 12.5 Å². The van der Waals surface area contributed by atoms with E-state index in [-0.39, 0.29) is 19.0 Å². The fourth-order valence-corrected chi connectivity index (χ4v) is 3.83. The van der Waals surface area contributed by atoms with E-state index < -0.39 is 11.4 Å². The van der Waals surface area contributed by atoms with E-state index in [1.54, 1.807) is 43.3 Å². The number of rotatable bonds is 8. The topological polar surface area (TPSA) is 120 Å². The van der Waals surface area contributed by atoms with E-state index in [4.69, 9.17) is 16.3 Å². The number of aromatic amines is 1. The maximum absolute atomic E-state index is 13.1. The predicted octanol–water partition coefficient (Wildman–Crippen LogP) is 4.45. The first-order valence-corrected chi connectivity index (χ1v) is 11.8. The Morgan fingerprint density at radius 3 is 2.22 bits per heavy atom. The third-order valence-electron chi connectivity index (χ3n) is 5.61. The lowest BCUT2D eigenvalue weighted by molar-refractivity contribution is 0.483. The average Bonchev–Trinajstić information content (AvgIpc) is 3.44. The highest BCUT2D eigenvalue weighted by molar-refractivity contribution is 6.30. The van der Waals surface area contributed by atoms with Crippen molar-refractivity contribution in [2.45, 2.75) is 20.0 Å². The molecule has 2 N–H and O–H groups in total. The van der Waals surface area contributed by atoms with Gasteiger partial charge >= 0.3 is 11.4 Å². The maximum Gasteiger partial charge on any atom is 0.354 e. The number of hydrogen-bond acceptors (Lipinski definition) is 7. The number of aromatic nitrogens is 6. The molecule has 0 saturated carbocycles. The summed E-state index contributed by atoms with van der Waals surface area (Å²) in [5.41, 5.74) is 1.31. The number of nitrogens with one attached hydrogen (secondary N) is 2. The molecule has 0 aliphatic rings. The summed E-state index contributed by atoms with van der Waals surface area (Å²) in [6, 6.07) is 21.7. The minimum absolute atomic E-state index is 0.145. The summed E-state index contributed by atoms with van der Waals surface area (Å²) in [6.07, 6.45) is 1.46. The van der Waals surface area contributed by atoms with Crippen molar-refractivity contribution < 1.29 is 4.74 Å². The zero-order valence-electron chi connectivity index (χ0n) is 19.8.